The number of fused-ring (bicyclic) bond motifs is 8. The topological polar surface area (TPSA) is 0 Å². The van der Waals surface area contributed by atoms with Crippen LogP contribution in [0.25, 0.3) is 43.8 Å². The van der Waals surface area contributed by atoms with E-state index in [1.54, 1.807) is 0 Å². The first kappa shape index (κ1) is 41.3. The van der Waals surface area contributed by atoms with E-state index in [-0.39, 0.29) is 77.2 Å². The van der Waals surface area contributed by atoms with Crippen LogP contribution in [0.2, 0.25) is 0 Å². The molecule has 8 aromatic carbocycles. The summed E-state index contributed by atoms with van der Waals surface area (Å²) < 4.78 is 0. The molecule has 0 fully saturated rings. The van der Waals surface area contributed by atoms with Gasteiger partial charge >= 0.3 is 52.4 Å². The zero-order valence-corrected chi connectivity index (χ0v) is 34.6. The van der Waals surface area contributed by atoms with E-state index >= 15 is 0 Å². The molecule has 2 aliphatic carbocycles. The molecule has 0 bridgehead atoms. The van der Waals surface area contributed by atoms with Crippen LogP contribution in [-0.4, -0.2) is 0 Å². The van der Waals surface area contributed by atoms with E-state index in [9.17, 15) is 0 Å². The number of halogens is 2. The fourth-order valence-corrected chi connectivity index (χ4v) is 6.49. The second kappa shape index (κ2) is 19.5. The monoisotopic (exact) mass is 838 g/mol. The molecule has 0 heterocycles. The summed E-state index contributed by atoms with van der Waals surface area (Å²) in [6.07, 6.45) is 2.10. The van der Waals surface area contributed by atoms with Gasteiger partial charge in [0.05, 0.1) is 0 Å². The van der Waals surface area contributed by atoms with Gasteiger partial charge in [-0.15, -0.1) is 69.1 Å². The van der Waals surface area contributed by atoms with Crippen molar-refractivity contribution in [3.05, 3.63) is 203 Å². The van der Waals surface area contributed by atoms with Gasteiger partial charge in [-0.1, -0.05) is 94.0 Å². The summed E-state index contributed by atoms with van der Waals surface area (Å²) in [6.45, 7) is 4.24. The van der Waals surface area contributed by atoms with Crippen LogP contribution in [0.1, 0.15) is 33.4 Å². The Balaban J connectivity index is 0.000000177. The molecule has 0 atom stereocenters. The molecule has 0 amide bonds. The van der Waals surface area contributed by atoms with E-state index in [4.69, 9.17) is 0 Å². The molecule has 0 spiro atoms. The van der Waals surface area contributed by atoms with Crippen LogP contribution in [0, 0.1) is 26.0 Å². The van der Waals surface area contributed by atoms with Crippen molar-refractivity contribution in [3.63, 3.8) is 0 Å². The van der Waals surface area contributed by atoms with E-state index in [1.165, 1.54) is 77.2 Å². The summed E-state index contributed by atoms with van der Waals surface area (Å²) in [4.78, 5) is 0. The van der Waals surface area contributed by atoms with Crippen LogP contribution in [0.5, 0.6) is 0 Å². The Morgan fingerprint density at radius 3 is 1.30 bits per heavy atom. The zero-order chi connectivity index (χ0) is 31.3. The van der Waals surface area contributed by atoms with Crippen molar-refractivity contribution in [3.8, 4) is 22.3 Å². The number of benzene rings is 6. The Bertz CT molecular complexity index is 2010. The Hall–Kier alpha value is -3.11. The first-order chi connectivity index (χ1) is 22.6. The maximum Gasteiger partial charge on any atom is 2.00 e. The third-order valence-corrected chi connectivity index (χ3v) is 8.82. The third kappa shape index (κ3) is 9.60. The van der Waals surface area contributed by atoms with Gasteiger partial charge in [-0.3, -0.25) is 0 Å². The van der Waals surface area contributed by atoms with Crippen molar-refractivity contribution >= 4 is 21.5 Å². The van der Waals surface area contributed by atoms with Gasteiger partial charge in [0.15, 0.2) is 0 Å². The summed E-state index contributed by atoms with van der Waals surface area (Å²) in [5.41, 5.74) is 13.7. The summed E-state index contributed by atoms with van der Waals surface area (Å²) >= 11 is 0. The maximum absolute atomic E-state index is 3.30. The number of hydrogen-bond donors (Lipinski definition) is 0. The van der Waals surface area contributed by atoms with Gasteiger partial charge in [-0.2, -0.15) is 83.9 Å². The van der Waals surface area contributed by atoms with E-state index in [0.29, 0.717) is 0 Å². The minimum Gasteiger partial charge on any atom is -1.00 e. The average Bonchev–Trinajstić information content (AvgIpc) is 3.89. The first-order valence-corrected chi connectivity index (χ1v) is 16.0. The molecular formula is C46H36Cl2Zr2-2. The van der Waals surface area contributed by atoms with Crippen molar-refractivity contribution in [2.24, 2.45) is 0 Å². The molecular weight excluding hydrogens is 806 g/mol. The summed E-state index contributed by atoms with van der Waals surface area (Å²) in [7, 11) is 0. The molecule has 8 aromatic rings. The predicted octanol–water partition coefficient (Wildman–Crippen LogP) is 5.85. The molecule has 2 aliphatic rings. The Labute approximate surface area is 347 Å². The zero-order valence-electron chi connectivity index (χ0n) is 28.2. The molecule has 10 rings (SSSR count). The van der Waals surface area contributed by atoms with Crippen LogP contribution in [0.15, 0.2) is 158 Å². The van der Waals surface area contributed by atoms with Gasteiger partial charge in [0.2, 0.25) is 0 Å². The second-order valence-electron chi connectivity index (χ2n) is 12.1. The van der Waals surface area contributed by atoms with Crippen molar-refractivity contribution in [1.82, 2.24) is 0 Å². The van der Waals surface area contributed by atoms with Gasteiger partial charge in [-0.25, -0.2) is 0 Å². The molecule has 0 unspecified atom stereocenters. The van der Waals surface area contributed by atoms with Crippen LogP contribution >= 0.6 is 0 Å². The average molecular weight is 842 g/mol. The fourth-order valence-electron chi connectivity index (χ4n) is 6.49. The van der Waals surface area contributed by atoms with E-state index < -0.39 is 0 Å². The summed E-state index contributed by atoms with van der Waals surface area (Å²) in [6, 6.07) is 61.9. The van der Waals surface area contributed by atoms with Crippen molar-refractivity contribution in [1.29, 1.82) is 0 Å². The van der Waals surface area contributed by atoms with Crippen molar-refractivity contribution in [2.45, 2.75) is 26.7 Å². The van der Waals surface area contributed by atoms with Crippen LogP contribution in [-0.2, 0) is 65.2 Å². The molecule has 0 radical (unpaired) electrons. The molecule has 0 nitrogen and oxygen atoms in total. The normalized spacial score (nSPS) is 10.6. The predicted molar refractivity (Wildman–Crippen MR) is 196 cm³/mol. The maximum atomic E-state index is 3.30. The largest absolute Gasteiger partial charge is 2.00 e. The molecule has 244 valence electrons. The van der Waals surface area contributed by atoms with Gasteiger partial charge in [0.1, 0.15) is 0 Å². The smallest absolute Gasteiger partial charge is 1.00 e. The molecule has 0 saturated heterocycles. The van der Waals surface area contributed by atoms with E-state index in [1.807, 2.05) is 12.1 Å². The minimum atomic E-state index is 0. The van der Waals surface area contributed by atoms with Crippen molar-refractivity contribution < 1.29 is 77.2 Å². The van der Waals surface area contributed by atoms with Crippen LogP contribution in [0.4, 0.5) is 0 Å². The SMILES string of the molecule is Cc1ccc2cc[cH-]c2c1.Cc1ccc2cc[cH-]c2c1.[Cl-].[Cl-].[Zr+2].[Zr+2].[c-]1cccc2c1Cc1ccccc1-2.[c-]1cccc2c1Cc1ccccc1-2. The van der Waals surface area contributed by atoms with Crippen LogP contribution in [0.3, 0.4) is 0 Å². The fraction of sp³-hybridized carbons (Fsp3) is 0.0870. The third-order valence-electron chi connectivity index (χ3n) is 8.82. The molecule has 4 heteroatoms. The van der Waals surface area contributed by atoms with Gasteiger partial charge in [-0.05, 0) is 26.7 Å². The molecule has 0 aliphatic heterocycles. The summed E-state index contributed by atoms with van der Waals surface area (Å²) in [5.74, 6) is 0. The minimum absolute atomic E-state index is 0. The number of hydrogen-bond acceptors (Lipinski definition) is 0. The number of aryl methyl sites for hydroxylation is 2. The van der Waals surface area contributed by atoms with Crippen molar-refractivity contribution in [2.75, 3.05) is 0 Å². The van der Waals surface area contributed by atoms with Crippen LogP contribution < -0.4 is 24.8 Å². The molecule has 50 heavy (non-hydrogen) atoms. The number of rotatable bonds is 0. The van der Waals surface area contributed by atoms with E-state index in [2.05, 4.69) is 172 Å². The van der Waals surface area contributed by atoms with Gasteiger partial charge in [0, 0.05) is 0 Å². The second-order valence-corrected chi connectivity index (χ2v) is 12.1. The standard InChI is InChI=1S/2C13H9.2C10H9.2ClH.2Zr/c2*1-3-7-12-10(5-1)9-11-6-2-4-8-13(11)12;2*1-8-5-6-9-3-2-4-10(9)7-8;;;;/h2*1-5,7-8H,9H2;2*2-7H,1H3;2*1H;;/q4*-1;;;2*+2/p-2. The molecule has 0 aromatic heterocycles. The Morgan fingerprint density at radius 1 is 0.460 bits per heavy atom. The Kier molecular flexibility index (Phi) is 16.1. The quantitative estimate of drug-likeness (QED) is 0.168. The van der Waals surface area contributed by atoms with Gasteiger partial charge < -0.3 is 24.8 Å². The summed E-state index contributed by atoms with van der Waals surface area (Å²) in [5, 5.41) is 5.37. The van der Waals surface area contributed by atoms with Gasteiger partial charge in [0.25, 0.3) is 0 Å². The first-order valence-electron chi connectivity index (χ1n) is 16.0. The molecule has 0 N–H and O–H groups in total. The Morgan fingerprint density at radius 2 is 0.860 bits per heavy atom. The van der Waals surface area contributed by atoms with E-state index in [0.717, 1.165) is 12.8 Å². The molecule has 0 saturated carbocycles.